The number of aryl methyl sites for hydroxylation is 2. The summed E-state index contributed by atoms with van der Waals surface area (Å²) < 4.78 is 0. The molecule has 3 aromatic rings. The largest absolute Gasteiger partial charge is 0.353 e. The Morgan fingerprint density at radius 1 is 1.00 bits per heavy atom. The van der Waals surface area contributed by atoms with Crippen molar-refractivity contribution < 1.29 is 4.92 Å². The Kier molecular flexibility index (Phi) is 5.07. The minimum absolute atomic E-state index is 0.142. The van der Waals surface area contributed by atoms with Gasteiger partial charge in [0.05, 0.1) is 4.92 Å². The fourth-order valence-corrected chi connectivity index (χ4v) is 2.55. The molecular formula is C19H19N5O2. The molecule has 0 spiro atoms. The lowest BCUT2D eigenvalue weighted by molar-refractivity contribution is -0.383. The topological polar surface area (TPSA) is 93.0 Å². The third kappa shape index (κ3) is 3.94. The maximum Gasteiger partial charge on any atom is 0.353 e. The van der Waals surface area contributed by atoms with E-state index >= 15 is 0 Å². The highest BCUT2D eigenvalue weighted by Crippen LogP contribution is 2.33. The summed E-state index contributed by atoms with van der Waals surface area (Å²) in [5.74, 6) is 0.285. The molecule has 0 bridgehead atoms. The molecule has 1 aromatic heterocycles. The van der Waals surface area contributed by atoms with Gasteiger partial charge in [0.25, 0.3) is 0 Å². The van der Waals surface area contributed by atoms with E-state index in [0.717, 1.165) is 23.4 Å². The molecule has 2 N–H and O–H groups in total. The Morgan fingerprint density at radius 3 is 2.23 bits per heavy atom. The summed E-state index contributed by atoms with van der Waals surface area (Å²) in [6.45, 7) is 4.02. The summed E-state index contributed by atoms with van der Waals surface area (Å²) >= 11 is 0. The van der Waals surface area contributed by atoms with Gasteiger partial charge in [-0.05, 0) is 48.7 Å². The summed E-state index contributed by atoms with van der Waals surface area (Å²) in [6.07, 6.45) is 2.23. The molecule has 0 amide bonds. The molecule has 0 aliphatic rings. The average Bonchev–Trinajstić information content (AvgIpc) is 2.62. The van der Waals surface area contributed by atoms with E-state index in [1.807, 2.05) is 55.5 Å². The molecular weight excluding hydrogens is 330 g/mol. The van der Waals surface area contributed by atoms with Crippen molar-refractivity contribution in [3.63, 3.8) is 0 Å². The standard InChI is InChI=1S/C19H19N5O2/c1-3-14-7-9-15(10-8-14)22-18-17(24(25)26)19(21-12-20-18)23-16-6-4-5-13(2)11-16/h4-12H,3H2,1-2H3,(H2,20,21,22,23). The van der Waals surface area contributed by atoms with E-state index in [-0.39, 0.29) is 17.3 Å². The number of hydrogen-bond acceptors (Lipinski definition) is 6. The zero-order chi connectivity index (χ0) is 18.5. The summed E-state index contributed by atoms with van der Waals surface area (Å²) in [5.41, 5.74) is 3.49. The van der Waals surface area contributed by atoms with Gasteiger partial charge in [-0.2, -0.15) is 0 Å². The summed E-state index contributed by atoms with van der Waals surface area (Å²) in [5, 5.41) is 17.7. The van der Waals surface area contributed by atoms with Gasteiger partial charge in [0.1, 0.15) is 6.33 Å². The first kappa shape index (κ1) is 17.3. The second-order valence-electron chi connectivity index (χ2n) is 5.85. The Bertz CT molecular complexity index is 925. The molecule has 0 atom stereocenters. The highest BCUT2D eigenvalue weighted by atomic mass is 16.6. The lowest BCUT2D eigenvalue weighted by Gasteiger charge is -2.10. The Balaban J connectivity index is 1.93. The van der Waals surface area contributed by atoms with Crippen molar-refractivity contribution in [2.45, 2.75) is 20.3 Å². The van der Waals surface area contributed by atoms with Gasteiger partial charge in [-0.3, -0.25) is 10.1 Å². The molecule has 0 saturated heterocycles. The number of hydrogen-bond donors (Lipinski definition) is 2. The number of nitrogens with zero attached hydrogens (tertiary/aromatic N) is 3. The van der Waals surface area contributed by atoms with Crippen LogP contribution >= 0.6 is 0 Å². The maximum absolute atomic E-state index is 11.6. The van der Waals surface area contributed by atoms with Crippen LogP contribution in [0.5, 0.6) is 0 Å². The third-order valence-electron chi connectivity index (χ3n) is 3.91. The van der Waals surface area contributed by atoms with Crippen LogP contribution in [0.1, 0.15) is 18.1 Å². The Morgan fingerprint density at radius 2 is 1.65 bits per heavy atom. The van der Waals surface area contributed by atoms with Crippen LogP contribution in [0.2, 0.25) is 0 Å². The van der Waals surface area contributed by atoms with Crippen LogP contribution in [0.15, 0.2) is 54.9 Å². The van der Waals surface area contributed by atoms with E-state index < -0.39 is 4.92 Å². The quantitative estimate of drug-likeness (QED) is 0.493. The van der Waals surface area contributed by atoms with Crippen LogP contribution in [0.3, 0.4) is 0 Å². The molecule has 0 saturated carbocycles. The van der Waals surface area contributed by atoms with Crippen molar-refractivity contribution in [3.05, 3.63) is 76.1 Å². The van der Waals surface area contributed by atoms with Crippen LogP contribution in [0, 0.1) is 17.0 Å². The van der Waals surface area contributed by atoms with Gasteiger partial charge in [0.15, 0.2) is 0 Å². The van der Waals surface area contributed by atoms with Gasteiger partial charge in [0, 0.05) is 11.4 Å². The average molecular weight is 349 g/mol. The number of nitro groups is 1. The molecule has 0 radical (unpaired) electrons. The molecule has 0 aliphatic heterocycles. The van der Waals surface area contributed by atoms with E-state index in [2.05, 4.69) is 27.5 Å². The van der Waals surface area contributed by atoms with E-state index in [1.165, 1.54) is 11.9 Å². The van der Waals surface area contributed by atoms with E-state index in [1.54, 1.807) is 0 Å². The highest BCUT2D eigenvalue weighted by Gasteiger charge is 2.23. The first-order chi connectivity index (χ1) is 12.6. The van der Waals surface area contributed by atoms with Gasteiger partial charge in [-0.1, -0.05) is 31.2 Å². The summed E-state index contributed by atoms with van der Waals surface area (Å²) in [4.78, 5) is 19.3. The molecule has 0 fully saturated rings. The van der Waals surface area contributed by atoms with Crippen LogP contribution < -0.4 is 10.6 Å². The first-order valence-electron chi connectivity index (χ1n) is 8.26. The number of anilines is 4. The number of rotatable bonds is 6. The van der Waals surface area contributed by atoms with Crippen molar-refractivity contribution in [3.8, 4) is 0 Å². The summed E-state index contributed by atoms with van der Waals surface area (Å²) in [6, 6.07) is 15.2. The van der Waals surface area contributed by atoms with Crippen molar-refractivity contribution in [1.29, 1.82) is 0 Å². The van der Waals surface area contributed by atoms with Gasteiger partial charge in [0.2, 0.25) is 11.6 Å². The number of benzene rings is 2. The van der Waals surface area contributed by atoms with Crippen LogP contribution in [-0.4, -0.2) is 14.9 Å². The monoisotopic (exact) mass is 349 g/mol. The lowest BCUT2D eigenvalue weighted by Crippen LogP contribution is -2.05. The molecule has 0 unspecified atom stereocenters. The molecule has 7 nitrogen and oxygen atoms in total. The zero-order valence-electron chi connectivity index (χ0n) is 14.6. The van der Waals surface area contributed by atoms with Crippen LogP contribution in [-0.2, 0) is 6.42 Å². The van der Waals surface area contributed by atoms with Crippen molar-refractivity contribution in [2.75, 3.05) is 10.6 Å². The van der Waals surface area contributed by atoms with Gasteiger partial charge >= 0.3 is 5.69 Å². The predicted octanol–water partition coefficient (Wildman–Crippen LogP) is 4.74. The second kappa shape index (κ2) is 7.60. The molecule has 3 rings (SSSR count). The maximum atomic E-state index is 11.6. The fraction of sp³-hybridized carbons (Fsp3) is 0.158. The highest BCUT2D eigenvalue weighted by molar-refractivity contribution is 5.76. The van der Waals surface area contributed by atoms with Crippen molar-refractivity contribution >= 4 is 28.7 Å². The van der Waals surface area contributed by atoms with Crippen molar-refractivity contribution in [1.82, 2.24) is 9.97 Å². The molecule has 1 heterocycles. The Labute approximate surface area is 151 Å². The van der Waals surface area contributed by atoms with Gasteiger partial charge in [-0.15, -0.1) is 0 Å². The predicted molar refractivity (Wildman–Crippen MR) is 102 cm³/mol. The second-order valence-corrected chi connectivity index (χ2v) is 5.85. The summed E-state index contributed by atoms with van der Waals surface area (Å²) in [7, 11) is 0. The lowest BCUT2D eigenvalue weighted by atomic mass is 10.1. The Hall–Kier alpha value is -3.48. The molecule has 132 valence electrons. The molecule has 2 aromatic carbocycles. The number of aromatic nitrogens is 2. The van der Waals surface area contributed by atoms with E-state index in [4.69, 9.17) is 0 Å². The molecule has 7 heteroatoms. The molecule has 26 heavy (non-hydrogen) atoms. The van der Waals surface area contributed by atoms with Crippen LogP contribution in [0.4, 0.5) is 28.7 Å². The zero-order valence-corrected chi connectivity index (χ0v) is 14.6. The smallest absolute Gasteiger partial charge is 0.334 e. The minimum atomic E-state index is -0.485. The number of nitrogens with one attached hydrogen (secondary N) is 2. The molecule has 0 aliphatic carbocycles. The minimum Gasteiger partial charge on any atom is -0.334 e. The van der Waals surface area contributed by atoms with Gasteiger partial charge < -0.3 is 10.6 Å². The fourth-order valence-electron chi connectivity index (χ4n) is 2.55. The van der Waals surface area contributed by atoms with Crippen molar-refractivity contribution in [2.24, 2.45) is 0 Å². The van der Waals surface area contributed by atoms with E-state index in [0.29, 0.717) is 0 Å². The SMILES string of the molecule is CCc1ccc(Nc2ncnc(Nc3cccc(C)c3)c2[N+](=O)[O-])cc1. The van der Waals surface area contributed by atoms with Crippen LogP contribution in [0.25, 0.3) is 0 Å². The first-order valence-corrected chi connectivity index (χ1v) is 8.26. The van der Waals surface area contributed by atoms with Gasteiger partial charge in [-0.25, -0.2) is 9.97 Å². The normalized spacial score (nSPS) is 10.4. The van der Waals surface area contributed by atoms with E-state index in [9.17, 15) is 10.1 Å². The third-order valence-corrected chi connectivity index (χ3v) is 3.91.